The van der Waals surface area contributed by atoms with E-state index in [1.165, 1.54) is 12.8 Å². The standard InChI is InChI=1S/C19H22ClN6O2/c1-26(27)15-9-23(10-19(26)28-11-15)18-5-17-12(4-16(18)20)6-22-25(17)14-7-21-24(8-14)13-2-3-13/h4-8,13,15,19,27H,2-3,9-11H2,1H3/q+1/t15-,19-,26-/m0/s1. The molecule has 9 heteroatoms. The van der Waals surface area contributed by atoms with Gasteiger partial charge in [0.25, 0.3) is 0 Å². The molecule has 2 bridgehead atoms. The summed E-state index contributed by atoms with van der Waals surface area (Å²) < 4.78 is 9.66. The van der Waals surface area contributed by atoms with Crippen LogP contribution in [0.15, 0.2) is 30.7 Å². The van der Waals surface area contributed by atoms with Crippen LogP contribution in [0.25, 0.3) is 16.6 Å². The van der Waals surface area contributed by atoms with Crippen LogP contribution in [0.5, 0.6) is 0 Å². The van der Waals surface area contributed by atoms with Crippen LogP contribution in [-0.4, -0.2) is 68.4 Å². The molecule has 1 saturated carbocycles. The molecule has 3 fully saturated rings. The zero-order valence-corrected chi connectivity index (χ0v) is 16.3. The molecule has 0 unspecified atom stereocenters. The third-order valence-corrected chi connectivity index (χ3v) is 6.64. The Morgan fingerprint density at radius 1 is 1.21 bits per heavy atom. The molecule has 3 atom stereocenters. The van der Waals surface area contributed by atoms with Gasteiger partial charge in [0.1, 0.15) is 25.9 Å². The number of anilines is 1. The number of aromatic nitrogens is 4. The minimum Gasteiger partial charge on any atom is -0.355 e. The van der Waals surface area contributed by atoms with E-state index in [0.29, 0.717) is 30.8 Å². The topological polar surface area (TPSA) is 68.3 Å². The fourth-order valence-electron chi connectivity index (χ4n) is 4.37. The lowest BCUT2D eigenvalue weighted by Crippen LogP contribution is -2.63. The molecule has 4 heterocycles. The molecule has 28 heavy (non-hydrogen) atoms. The summed E-state index contributed by atoms with van der Waals surface area (Å²) in [4.78, 5) is 2.21. The van der Waals surface area contributed by atoms with Gasteiger partial charge in [-0.15, -0.1) is 0 Å². The third-order valence-electron chi connectivity index (χ3n) is 6.34. The second-order valence-electron chi connectivity index (χ2n) is 8.27. The molecule has 1 N–H and O–H groups in total. The van der Waals surface area contributed by atoms with Crippen molar-refractivity contribution in [3.63, 3.8) is 0 Å². The maximum atomic E-state index is 10.6. The summed E-state index contributed by atoms with van der Waals surface area (Å²) >= 11 is 6.63. The van der Waals surface area contributed by atoms with Gasteiger partial charge in [0.2, 0.25) is 6.23 Å². The van der Waals surface area contributed by atoms with Gasteiger partial charge in [-0.05, 0) is 25.0 Å². The number of benzene rings is 1. The number of hydroxylamine groups is 3. The monoisotopic (exact) mass is 401 g/mol. The first-order valence-electron chi connectivity index (χ1n) is 9.68. The van der Waals surface area contributed by atoms with Crippen LogP contribution in [0.1, 0.15) is 18.9 Å². The van der Waals surface area contributed by atoms with Crippen LogP contribution in [-0.2, 0) is 4.74 Å². The summed E-state index contributed by atoms with van der Waals surface area (Å²) in [6, 6.07) is 4.61. The zero-order valence-electron chi connectivity index (χ0n) is 15.6. The highest BCUT2D eigenvalue weighted by molar-refractivity contribution is 6.34. The van der Waals surface area contributed by atoms with E-state index in [9.17, 15) is 5.21 Å². The number of hydrogen-bond donors (Lipinski definition) is 1. The number of hydrogen-bond acceptors (Lipinski definition) is 5. The molecular weight excluding hydrogens is 380 g/mol. The van der Waals surface area contributed by atoms with E-state index in [0.717, 1.165) is 22.3 Å². The number of ether oxygens (including phenoxy) is 1. The highest BCUT2D eigenvalue weighted by Crippen LogP contribution is 2.38. The number of piperazine rings is 1. The quantitative estimate of drug-likeness (QED) is 0.683. The number of nitrogens with zero attached hydrogens (tertiary/aromatic N) is 6. The molecule has 8 nitrogen and oxygen atoms in total. The average Bonchev–Trinajstić information content (AvgIpc) is 3.25. The molecule has 2 saturated heterocycles. The third kappa shape index (κ3) is 2.42. The molecule has 146 valence electrons. The van der Waals surface area contributed by atoms with Crippen molar-refractivity contribution in [2.24, 2.45) is 0 Å². The van der Waals surface area contributed by atoms with E-state index >= 15 is 0 Å². The molecule has 1 aliphatic carbocycles. The highest BCUT2D eigenvalue weighted by atomic mass is 35.5. The highest BCUT2D eigenvalue weighted by Gasteiger charge is 2.53. The van der Waals surface area contributed by atoms with Crippen LogP contribution in [0, 0.1) is 0 Å². The Labute approximate surface area is 167 Å². The van der Waals surface area contributed by atoms with E-state index in [4.69, 9.17) is 16.3 Å². The number of fused-ring (bicyclic) bond motifs is 3. The van der Waals surface area contributed by atoms with E-state index in [1.807, 2.05) is 34.9 Å². The van der Waals surface area contributed by atoms with Crippen LogP contribution in [0.4, 0.5) is 5.69 Å². The first-order valence-corrected chi connectivity index (χ1v) is 10.1. The van der Waals surface area contributed by atoms with Crippen LogP contribution in [0.3, 0.4) is 0 Å². The van der Waals surface area contributed by atoms with Crippen LogP contribution in [0.2, 0.25) is 5.02 Å². The van der Waals surface area contributed by atoms with Crippen molar-refractivity contribution in [2.75, 3.05) is 31.6 Å². The second-order valence-corrected chi connectivity index (χ2v) is 8.68. The lowest BCUT2D eigenvalue weighted by Gasteiger charge is -2.41. The number of halogens is 1. The fraction of sp³-hybridized carbons (Fsp3) is 0.474. The van der Waals surface area contributed by atoms with Gasteiger partial charge in [0.15, 0.2) is 6.04 Å². The lowest BCUT2D eigenvalue weighted by atomic mass is 10.1. The van der Waals surface area contributed by atoms with E-state index in [1.54, 1.807) is 0 Å². The first kappa shape index (κ1) is 16.8. The maximum absolute atomic E-state index is 10.6. The number of likely N-dealkylation sites (N-methyl/N-ethyl adjacent to an activating group) is 1. The van der Waals surface area contributed by atoms with Crippen molar-refractivity contribution < 1.29 is 14.6 Å². The SMILES string of the molecule is C[N@+]1(O)[C@@H]2CO[C@H]1CN(c1cc3c(cnn3-c3cnn(C4CC4)c3)cc1Cl)C2. The predicted octanol–water partition coefficient (Wildman–Crippen LogP) is 2.59. The van der Waals surface area contributed by atoms with Crippen molar-refractivity contribution in [3.05, 3.63) is 35.7 Å². The van der Waals surface area contributed by atoms with Crippen molar-refractivity contribution in [1.82, 2.24) is 19.6 Å². The van der Waals surface area contributed by atoms with E-state index in [2.05, 4.69) is 27.4 Å². The fourth-order valence-corrected chi connectivity index (χ4v) is 4.66. The summed E-state index contributed by atoms with van der Waals surface area (Å²) in [6.07, 6.45) is 7.90. The largest absolute Gasteiger partial charge is 0.355 e. The summed E-state index contributed by atoms with van der Waals surface area (Å²) in [5.74, 6) is 0. The zero-order chi connectivity index (χ0) is 19.0. The molecular formula is C19H22ClN6O2+. The normalized spacial score (nSPS) is 29.8. The van der Waals surface area contributed by atoms with Crippen molar-refractivity contribution in [3.8, 4) is 5.69 Å². The smallest absolute Gasteiger partial charge is 0.241 e. The predicted molar refractivity (Wildman–Crippen MR) is 104 cm³/mol. The molecule has 2 aromatic heterocycles. The summed E-state index contributed by atoms with van der Waals surface area (Å²) in [7, 11) is 1.82. The Hall–Kier alpha value is -2.13. The van der Waals surface area contributed by atoms with Crippen LogP contribution >= 0.6 is 11.6 Å². The van der Waals surface area contributed by atoms with E-state index in [-0.39, 0.29) is 16.9 Å². The van der Waals surface area contributed by atoms with E-state index < -0.39 is 0 Å². The van der Waals surface area contributed by atoms with Gasteiger partial charge in [-0.3, -0.25) is 4.68 Å². The van der Waals surface area contributed by atoms with Crippen molar-refractivity contribution in [2.45, 2.75) is 31.2 Å². The van der Waals surface area contributed by atoms with Crippen molar-refractivity contribution in [1.29, 1.82) is 0 Å². The summed E-state index contributed by atoms with van der Waals surface area (Å²) in [5.41, 5.74) is 2.90. The second kappa shape index (κ2) is 5.70. The van der Waals surface area contributed by atoms with Gasteiger partial charge in [0.05, 0.1) is 47.4 Å². The molecule has 3 aromatic rings. The van der Waals surface area contributed by atoms with Crippen LogP contribution < -0.4 is 4.90 Å². The van der Waals surface area contributed by atoms with Gasteiger partial charge in [0, 0.05) is 5.39 Å². The van der Waals surface area contributed by atoms with Crippen molar-refractivity contribution >= 4 is 28.2 Å². The maximum Gasteiger partial charge on any atom is 0.241 e. The van der Waals surface area contributed by atoms with Gasteiger partial charge in [-0.2, -0.15) is 14.8 Å². The minimum absolute atomic E-state index is 0.0206. The average molecular weight is 402 g/mol. The molecule has 0 spiro atoms. The summed E-state index contributed by atoms with van der Waals surface area (Å²) in [5, 5.41) is 21.4. The molecule has 0 amide bonds. The Morgan fingerprint density at radius 2 is 2.07 bits per heavy atom. The number of rotatable bonds is 3. The Morgan fingerprint density at radius 3 is 2.86 bits per heavy atom. The minimum atomic E-state index is -0.257. The molecule has 6 rings (SSSR count). The Kier molecular flexibility index (Phi) is 3.42. The number of quaternary nitrogens is 1. The Balaban J connectivity index is 1.39. The van der Waals surface area contributed by atoms with Gasteiger partial charge in [-0.25, -0.2) is 9.89 Å². The molecule has 3 aliphatic rings. The molecule has 0 radical (unpaired) electrons. The first-order chi connectivity index (χ1) is 13.5. The van der Waals surface area contributed by atoms with Gasteiger partial charge in [-0.1, -0.05) is 11.6 Å². The summed E-state index contributed by atoms with van der Waals surface area (Å²) in [6.45, 7) is 1.86. The van der Waals surface area contributed by atoms with Gasteiger partial charge < -0.3 is 9.64 Å². The molecule has 1 aromatic carbocycles. The lowest BCUT2D eigenvalue weighted by molar-refractivity contribution is -1.12. The van der Waals surface area contributed by atoms with Gasteiger partial charge >= 0.3 is 0 Å². The molecule has 2 aliphatic heterocycles. The Bertz CT molecular complexity index is 1060.